The molecule has 1 N–H and O–H groups in total. The van der Waals surface area contributed by atoms with Crippen LogP contribution in [-0.2, 0) is 0 Å². The molecule has 51 heavy (non-hydrogen) atoms. The van der Waals surface area contributed by atoms with Crippen LogP contribution in [0.1, 0.15) is 192 Å². The van der Waals surface area contributed by atoms with Gasteiger partial charge in [0.2, 0.25) is 0 Å². The highest BCUT2D eigenvalue weighted by Crippen LogP contribution is 2.18. The molecule has 1 heteroatoms. The molecule has 0 aliphatic carbocycles. The number of aliphatic hydroxyl groups is 1. The van der Waals surface area contributed by atoms with Crippen molar-refractivity contribution in [3.63, 3.8) is 0 Å². The normalized spacial score (nSPS) is 14.9. The lowest BCUT2D eigenvalue weighted by Crippen LogP contribution is -1.84. The second-order valence-corrected chi connectivity index (χ2v) is 15.8. The van der Waals surface area contributed by atoms with Crippen LogP contribution in [0.4, 0.5) is 0 Å². The summed E-state index contributed by atoms with van der Waals surface area (Å²) in [7, 11) is 0. The van der Waals surface area contributed by atoms with E-state index in [0.717, 1.165) is 64.2 Å². The molecule has 0 saturated heterocycles. The Kier molecular flexibility index (Phi) is 30.4. The lowest BCUT2D eigenvalue weighted by atomic mass is 10.0. The van der Waals surface area contributed by atoms with Crippen molar-refractivity contribution < 1.29 is 5.11 Å². The fraction of sp³-hybridized carbons (Fsp3) is 0.600. The van der Waals surface area contributed by atoms with Gasteiger partial charge in [0.25, 0.3) is 0 Å². The highest BCUT2D eigenvalue weighted by Gasteiger charge is 1.98. The fourth-order valence-corrected chi connectivity index (χ4v) is 6.03. The summed E-state index contributed by atoms with van der Waals surface area (Å²) < 4.78 is 0. The Morgan fingerprint density at radius 3 is 0.569 bits per heavy atom. The van der Waals surface area contributed by atoms with E-state index in [-0.39, 0.29) is 6.61 Å². The number of hydrogen-bond acceptors (Lipinski definition) is 1. The van der Waals surface area contributed by atoms with Crippen LogP contribution >= 0.6 is 0 Å². The van der Waals surface area contributed by atoms with Crippen molar-refractivity contribution in [3.05, 3.63) is 116 Å². The van der Waals surface area contributed by atoms with E-state index in [4.69, 9.17) is 5.11 Å². The second kappa shape index (κ2) is 32.0. The maximum atomic E-state index is 8.98. The minimum atomic E-state index is 0.150. The Balaban J connectivity index is 4.24. The number of aliphatic hydroxyl groups excluding tert-OH is 1. The van der Waals surface area contributed by atoms with Crippen LogP contribution < -0.4 is 0 Å². The summed E-state index contributed by atoms with van der Waals surface area (Å²) in [4.78, 5) is 0. The average molecular weight is 699 g/mol. The molecular weight excluding hydrogens is 617 g/mol. The van der Waals surface area contributed by atoms with Crippen molar-refractivity contribution in [2.24, 2.45) is 0 Å². The Morgan fingerprint density at radius 2 is 0.412 bits per heavy atom. The van der Waals surface area contributed by atoms with E-state index in [0.29, 0.717) is 0 Å². The summed E-state index contributed by atoms with van der Waals surface area (Å²) in [5.74, 6) is 0. The monoisotopic (exact) mass is 699 g/mol. The lowest BCUT2D eigenvalue weighted by Gasteiger charge is -2.04. The summed E-state index contributed by atoms with van der Waals surface area (Å²) >= 11 is 0. The third kappa shape index (κ3) is 33.0. The van der Waals surface area contributed by atoms with Gasteiger partial charge in [-0.2, -0.15) is 0 Å². The number of allylic oxidation sites excluding steroid dienone is 19. The molecule has 0 aliphatic heterocycles. The molecule has 0 fully saturated rings. The fourth-order valence-electron chi connectivity index (χ4n) is 6.03. The Hall–Kier alpha value is -2.64. The topological polar surface area (TPSA) is 20.2 Å². The van der Waals surface area contributed by atoms with Gasteiger partial charge in [0.15, 0.2) is 0 Å². The van der Waals surface area contributed by atoms with Gasteiger partial charge in [-0.25, -0.2) is 0 Å². The van der Waals surface area contributed by atoms with Gasteiger partial charge in [0.1, 0.15) is 0 Å². The minimum Gasteiger partial charge on any atom is -0.392 e. The number of rotatable bonds is 28. The van der Waals surface area contributed by atoms with Gasteiger partial charge in [-0.1, -0.05) is 116 Å². The van der Waals surface area contributed by atoms with Crippen molar-refractivity contribution in [3.8, 4) is 0 Å². The zero-order valence-electron chi connectivity index (χ0n) is 35.7. The number of hydrogen-bond donors (Lipinski definition) is 1. The van der Waals surface area contributed by atoms with Crippen molar-refractivity contribution in [2.75, 3.05) is 6.61 Å². The molecule has 0 saturated carbocycles. The zero-order valence-corrected chi connectivity index (χ0v) is 35.7. The smallest absolute Gasteiger partial charge is 0.0614 e. The SMILES string of the molecule is CC(C)=CCC/C(C)=C/CC/C(C)=C/CC/C(C)=C/CC/C(C)=C\CC/C(C)=C\CC/C(C)=C\CC/C(C)=C\CC/C(C)=C\CC/C(C)=C\CO. The van der Waals surface area contributed by atoms with Gasteiger partial charge < -0.3 is 5.11 Å². The Bertz CT molecular complexity index is 1260. The van der Waals surface area contributed by atoms with Crippen LogP contribution in [0, 0.1) is 0 Å². The van der Waals surface area contributed by atoms with Crippen LogP contribution in [0.2, 0.25) is 0 Å². The van der Waals surface area contributed by atoms with Crippen molar-refractivity contribution in [1.29, 1.82) is 0 Å². The summed E-state index contributed by atoms with van der Waals surface area (Å²) in [6.45, 7) is 24.9. The molecule has 0 aromatic carbocycles. The molecule has 0 amide bonds. The van der Waals surface area contributed by atoms with Crippen molar-refractivity contribution in [2.45, 2.75) is 192 Å². The first kappa shape index (κ1) is 48.4. The van der Waals surface area contributed by atoms with Crippen molar-refractivity contribution in [1.82, 2.24) is 0 Å². The average Bonchev–Trinajstić information content (AvgIpc) is 3.04. The molecule has 0 aromatic rings. The molecule has 0 bridgehead atoms. The summed E-state index contributed by atoms with van der Waals surface area (Å²) in [6.07, 6.45) is 44.5. The molecule has 0 heterocycles. The van der Waals surface area contributed by atoms with Crippen LogP contribution in [0.5, 0.6) is 0 Å². The van der Waals surface area contributed by atoms with Gasteiger partial charge >= 0.3 is 0 Å². The molecule has 288 valence electrons. The molecule has 0 spiro atoms. The van der Waals surface area contributed by atoms with Gasteiger partial charge in [-0.3, -0.25) is 0 Å². The van der Waals surface area contributed by atoms with Gasteiger partial charge in [-0.15, -0.1) is 0 Å². The molecule has 0 atom stereocenters. The van der Waals surface area contributed by atoms with E-state index in [1.165, 1.54) is 107 Å². The van der Waals surface area contributed by atoms with Crippen LogP contribution in [-0.4, -0.2) is 11.7 Å². The van der Waals surface area contributed by atoms with Crippen LogP contribution in [0.15, 0.2) is 116 Å². The van der Waals surface area contributed by atoms with E-state index >= 15 is 0 Å². The van der Waals surface area contributed by atoms with Crippen LogP contribution in [0.25, 0.3) is 0 Å². The Morgan fingerprint density at radius 1 is 0.255 bits per heavy atom. The molecule has 0 aromatic heterocycles. The van der Waals surface area contributed by atoms with E-state index in [1.807, 2.05) is 6.08 Å². The third-order valence-electron chi connectivity index (χ3n) is 9.78. The minimum absolute atomic E-state index is 0.150. The zero-order chi connectivity index (χ0) is 38.3. The quantitative estimate of drug-likeness (QED) is 0.0807. The predicted octanol–water partition coefficient (Wildman–Crippen LogP) is 16.5. The first-order valence-electron chi connectivity index (χ1n) is 20.5. The van der Waals surface area contributed by atoms with E-state index < -0.39 is 0 Å². The van der Waals surface area contributed by atoms with E-state index in [2.05, 4.69) is 131 Å². The maximum Gasteiger partial charge on any atom is 0.0614 e. The molecular formula is C50H82O. The largest absolute Gasteiger partial charge is 0.392 e. The summed E-state index contributed by atoms with van der Waals surface area (Å²) in [6, 6.07) is 0. The first-order valence-corrected chi connectivity index (χ1v) is 20.5. The second-order valence-electron chi connectivity index (χ2n) is 15.8. The molecule has 0 unspecified atom stereocenters. The highest BCUT2D eigenvalue weighted by atomic mass is 16.2. The standard InChI is InChI=1S/C50H82O/c1-41(2)21-12-22-42(3)23-13-24-43(4)25-14-26-44(5)27-15-28-45(6)29-16-30-46(7)31-17-32-47(8)33-18-34-48(9)35-19-36-49(10)37-20-38-50(11)39-40-51/h21,23,25,27,29,31,33,35,37,39,51H,12-20,22,24,26,28,30,32,34,36,38,40H2,1-11H3/b42-23+,43-25+,44-27+,45-29-,46-31-,47-33-,48-35-,49-37-,50-39-. The van der Waals surface area contributed by atoms with E-state index in [9.17, 15) is 0 Å². The van der Waals surface area contributed by atoms with E-state index in [1.54, 1.807) is 0 Å². The summed E-state index contributed by atoms with van der Waals surface area (Å²) in [5.41, 5.74) is 14.8. The Labute approximate surface area is 319 Å². The van der Waals surface area contributed by atoms with Crippen LogP contribution in [0.3, 0.4) is 0 Å². The highest BCUT2D eigenvalue weighted by molar-refractivity contribution is 5.11. The molecule has 1 nitrogen and oxygen atoms in total. The van der Waals surface area contributed by atoms with Gasteiger partial charge in [-0.05, 0) is 192 Å². The van der Waals surface area contributed by atoms with Gasteiger partial charge in [0.05, 0.1) is 6.61 Å². The third-order valence-corrected chi connectivity index (χ3v) is 9.78. The van der Waals surface area contributed by atoms with Gasteiger partial charge in [0, 0.05) is 0 Å². The first-order chi connectivity index (χ1) is 24.3. The lowest BCUT2D eigenvalue weighted by molar-refractivity contribution is 0.341. The predicted molar refractivity (Wildman–Crippen MR) is 233 cm³/mol. The molecule has 0 radical (unpaired) electrons. The maximum absolute atomic E-state index is 8.98. The molecule has 0 rings (SSSR count). The van der Waals surface area contributed by atoms with Crippen molar-refractivity contribution >= 4 is 0 Å². The summed E-state index contributed by atoms with van der Waals surface area (Å²) in [5, 5.41) is 8.98. The molecule has 0 aliphatic rings.